The van der Waals surface area contributed by atoms with Crippen LogP contribution in [-0.4, -0.2) is 49.9 Å². The first-order valence-corrected chi connectivity index (χ1v) is 9.14. The van der Waals surface area contributed by atoms with E-state index in [0.717, 1.165) is 0 Å². The maximum Gasteiger partial charge on any atom is 0.249 e. The number of aliphatic hydroxyl groups excluding tert-OH is 1. The molecule has 3 N–H and O–H groups in total. The van der Waals surface area contributed by atoms with Gasteiger partial charge in [0.25, 0.3) is 0 Å². The third-order valence-electron chi connectivity index (χ3n) is 5.01. The van der Waals surface area contributed by atoms with Crippen LogP contribution in [0.2, 0.25) is 0 Å². The summed E-state index contributed by atoms with van der Waals surface area (Å²) >= 11 is 5.84. The number of rotatable bonds is 5. The van der Waals surface area contributed by atoms with Gasteiger partial charge in [-0.1, -0.05) is 60.1 Å². The van der Waals surface area contributed by atoms with Crippen molar-refractivity contribution in [3.8, 4) is 0 Å². The first kappa shape index (κ1) is 20.6. The molecule has 4 atom stereocenters. The average molecular weight is 405 g/mol. The van der Waals surface area contributed by atoms with Crippen molar-refractivity contribution in [2.75, 3.05) is 0 Å². The number of carbonyl (C=O) groups is 2. The van der Waals surface area contributed by atoms with Crippen LogP contribution in [0, 0.1) is 13.8 Å². The summed E-state index contributed by atoms with van der Waals surface area (Å²) in [7, 11) is 0. The standard InChI is InChI=1S/C21H21ClO6/c1-12-7-3-5-9-14(12)16(23)17(24)19-20(26,11-21(22,27)28-19)18(25)15-10-6-4-8-13(15)2/h3-10,17,19,24,26-27H,11H2,1-2H3/t17-,19-,20-,21+/m1/s1. The monoisotopic (exact) mass is 404 g/mol. The summed E-state index contributed by atoms with van der Waals surface area (Å²) in [5.41, 5.74) is -0.790. The van der Waals surface area contributed by atoms with Gasteiger partial charge in [-0.25, -0.2) is 0 Å². The molecule has 3 rings (SSSR count). The second-order valence-corrected chi connectivity index (χ2v) is 7.69. The Morgan fingerprint density at radius 3 is 2.07 bits per heavy atom. The van der Waals surface area contributed by atoms with Crippen LogP contribution in [0.1, 0.15) is 38.3 Å². The van der Waals surface area contributed by atoms with Gasteiger partial charge in [0, 0.05) is 11.1 Å². The van der Waals surface area contributed by atoms with Gasteiger partial charge in [0.15, 0.2) is 17.2 Å². The highest BCUT2D eigenvalue weighted by molar-refractivity contribution is 6.22. The van der Waals surface area contributed by atoms with E-state index in [1.807, 2.05) is 0 Å². The lowest BCUT2D eigenvalue weighted by Crippen LogP contribution is -2.54. The number of ether oxygens (including phenoxy) is 1. The van der Waals surface area contributed by atoms with Gasteiger partial charge < -0.3 is 20.1 Å². The zero-order valence-corrected chi connectivity index (χ0v) is 16.2. The quantitative estimate of drug-likeness (QED) is 0.521. The van der Waals surface area contributed by atoms with E-state index in [9.17, 15) is 24.9 Å². The predicted octanol–water partition coefficient (Wildman–Crippen LogP) is 2.13. The van der Waals surface area contributed by atoms with Gasteiger partial charge in [0.2, 0.25) is 5.25 Å². The molecule has 0 amide bonds. The molecule has 0 spiro atoms. The first-order valence-electron chi connectivity index (χ1n) is 8.76. The summed E-state index contributed by atoms with van der Waals surface area (Å²) in [4.78, 5) is 25.9. The molecular formula is C21H21ClO6. The van der Waals surface area contributed by atoms with Crippen LogP contribution in [-0.2, 0) is 4.74 Å². The maximum absolute atomic E-state index is 13.1. The third-order valence-corrected chi connectivity index (χ3v) is 5.24. The smallest absolute Gasteiger partial charge is 0.249 e. The number of halogens is 1. The van der Waals surface area contributed by atoms with Crippen LogP contribution >= 0.6 is 11.6 Å². The Morgan fingerprint density at radius 2 is 1.54 bits per heavy atom. The molecule has 1 fully saturated rings. The normalized spacial score (nSPS) is 28.1. The molecule has 0 unspecified atom stereocenters. The molecule has 1 aliphatic heterocycles. The van der Waals surface area contributed by atoms with E-state index in [-0.39, 0.29) is 11.1 Å². The van der Waals surface area contributed by atoms with Crippen molar-refractivity contribution in [2.24, 2.45) is 0 Å². The Labute approximate surface area is 167 Å². The van der Waals surface area contributed by atoms with Crippen LogP contribution in [0.4, 0.5) is 0 Å². The number of hydrogen-bond donors (Lipinski definition) is 3. The summed E-state index contributed by atoms with van der Waals surface area (Å²) in [6.45, 7) is 3.38. The van der Waals surface area contributed by atoms with Gasteiger partial charge in [0.05, 0.1) is 6.42 Å². The van der Waals surface area contributed by atoms with Gasteiger partial charge in [-0.05, 0) is 25.0 Å². The third kappa shape index (κ3) is 3.62. The molecule has 2 aromatic rings. The number of hydrogen-bond acceptors (Lipinski definition) is 6. The summed E-state index contributed by atoms with van der Waals surface area (Å²) in [6.07, 6.45) is -4.35. The molecule has 1 saturated heterocycles. The van der Waals surface area contributed by atoms with Crippen molar-refractivity contribution in [3.63, 3.8) is 0 Å². The zero-order chi connectivity index (χ0) is 20.7. The molecule has 7 heteroatoms. The lowest BCUT2D eigenvalue weighted by Gasteiger charge is -2.30. The minimum Gasteiger partial charge on any atom is -0.382 e. The van der Waals surface area contributed by atoms with Crippen molar-refractivity contribution < 1.29 is 29.6 Å². The van der Waals surface area contributed by atoms with Gasteiger partial charge in [0.1, 0.15) is 12.2 Å². The van der Waals surface area contributed by atoms with Gasteiger partial charge in [-0.3, -0.25) is 9.59 Å². The Bertz CT molecular complexity index is 925. The van der Waals surface area contributed by atoms with E-state index < -0.39 is 41.0 Å². The number of aryl methyl sites for hydroxylation is 2. The molecule has 28 heavy (non-hydrogen) atoms. The molecule has 0 aliphatic carbocycles. The molecule has 0 bridgehead atoms. The van der Waals surface area contributed by atoms with E-state index in [2.05, 4.69) is 0 Å². The molecular weight excluding hydrogens is 384 g/mol. The van der Waals surface area contributed by atoms with Gasteiger partial charge >= 0.3 is 0 Å². The predicted molar refractivity (Wildman–Crippen MR) is 102 cm³/mol. The van der Waals surface area contributed by atoms with Crippen molar-refractivity contribution in [3.05, 3.63) is 70.8 Å². The summed E-state index contributed by atoms with van der Waals surface area (Å²) < 4.78 is 5.17. The van der Waals surface area contributed by atoms with E-state index in [4.69, 9.17) is 16.3 Å². The number of alkyl halides is 1. The Hall–Kier alpha value is -2.09. The number of Topliss-reactive ketones (excluding diaryl/α,β-unsaturated/α-hetero) is 2. The topological polar surface area (TPSA) is 104 Å². The van der Waals surface area contributed by atoms with Crippen molar-refractivity contribution >= 4 is 23.2 Å². The van der Waals surface area contributed by atoms with Crippen molar-refractivity contribution in [1.29, 1.82) is 0 Å². The average Bonchev–Trinajstić information content (AvgIpc) is 2.91. The molecule has 0 radical (unpaired) electrons. The highest BCUT2D eigenvalue weighted by atomic mass is 35.5. The largest absolute Gasteiger partial charge is 0.382 e. The van der Waals surface area contributed by atoms with Crippen LogP contribution in [0.5, 0.6) is 0 Å². The SMILES string of the molecule is Cc1ccccc1C(=O)[C@@H](O)[C@H]1O[C@](O)(Cl)C[C@@]1(O)C(=O)c1ccccc1C. The molecule has 2 aromatic carbocycles. The number of benzene rings is 2. The molecule has 0 saturated carbocycles. The summed E-state index contributed by atoms with van der Waals surface area (Å²) in [5.74, 6) is -1.53. The number of aliphatic hydroxyl groups is 3. The van der Waals surface area contributed by atoms with Gasteiger partial charge in [-0.15, -0.1) is 0 Å². The number of carbonyl (C=O) groups excluding carboxylic acids is 2. The Kier molecular flexibility index (Phi) is 5.44. The fraction of sp³-hybridized carbons (Fsp3) is 0.333. The molecule has 1 aliphatic rings. The second kappa shape index (κ2) is 7.39. The fourth-order valence-corrected chi connectivity index (χ4v) is 3.81. The minimum atomic E-state index is -2.40. The molecule has 6 nitrogen and oxygen atoms in total. The highest BCUT2D eigenvalue weighted by Gasteiger charge is 2.62. The Morgan fingerprint density at radius 1 is 1.04 bits per heavy atom. The van der Waals surface area contributed by atoms with Gasteiger partial charge in [-0.2, -0.15) is 0 Å². The van der Waals surface area contributed by atoms with Crippen LogP contribution in [0.25, 0.3) is 0 Å². The first-order chi connectivity index (χ1) is 13.1. The summed E-state index contributed by atoms with van der Waals surface area (Å²) in [6, 6.07) is 13.1. The van der Waals surface area contributed by atoms with Crippen molar-refractivity contribution in [2.45, 2.75) is 43.3 Å². The van der Waals surface area contributed by atoms with Crippen molar-refractivity contribution in [1.82, 2.24) is 0 Å². The minimum absolute atomic E-state index is 0.184. The van der Waals surface area contributed by atoms with Crippen LogP contribution in [0.15, 0.2) is 48.5 Å². The summed E-state index contributed by atoms with van der Waals surface area (Å²) in [5, 5.41) is 29.5. The van der Waals surface area contributed by atoms with E-state index in [1.165, 1.54) is 12.1 Å². The van der Waals surface area contributed by atoms with E-state index in [0.29, 0.717) is 11.1 Å². The lowest BCUT2D eigenvalue weighted by atomic mass is 9.81. The van der Waals surface area contributed by atoms with Crippen LogP contribution < -0.4 is 0 Å². The van der Waals surface area contributed by atoms with E-state index in [1.54, 1.807) is 50.2 Å². The zero-order valence-electron chi connectivity index (χ0n) is 15.4. The fourth-order valence-electron chi connectivity index (χ4n) is 3.51. The molecule has 1 heterocycles. The van der Waals surface area contributed by atoms with E-state index >= 15 is 0 Å². The molecule has 0 aromatic heterocycles. The Balaban J connectivity index is 2.00. The number of ketones is 2. The van der Waals surface area contributed by atoms with Crippen LogP contribution in [0.3, 0.4) is 0 Å². The second-order valence-electron chi connectivity index (χ2n) is 7.10. The lowest BCUT2D eigenvalue weighted by molar-refractivity contribution is -0.154. The highest BCUT2D eigenvalue weighted by Crippen LogP contribution is 2.43. The molecule has 148 valence electrons. The maximum atomic E-state index is 13.1.